The third-order valence-electron chi connectivity index (χ3n) is 5.81. The van der Waals surface area contributed by atoms with Crippen LogP contribution in [0.15, 0.2) is 48.9 Å². The smallest absolute Gasteiger partial charge is 0.237 e. The second-order valence-corrected chi connectivity index (χ2v) is 8.52. The molecule has 32 heavy (non-hydrogen) atoms. The maximum Gasteiger partial charge on any atom is 0.237 e. The molecule has 2 aromatic carbocycles. The van der Waals surface area contributed by atoms with Crippen LogP contribution in [0, 0.1) is 11.6 Å². The summed E-state index contributed by atoms with van der Waals surface area (Å²) in [5.41, 5.74) is 2.71. The largest absolute Gasteiger partial charge is 0.490 e. The number of aromatic nitrogens is 4. The molecule has 0 saturated carbocycles. The number of rotatable bonds is 3. The number of fused-ring (bicyclic) bond motifs is 3. The van der Waals surface area contributed by atoms with Crippen LogP contribution < -0.4 is 15.0 Å². The van der Waals surface area contributed by atoms with Crippen molar-refractivity contribution >= 4 is 34.3 Å². The van der Waals surface area contributed by atoms with E-state index in [2.05, 4.69) is 20.2 Å². The summed E-state index contributed by atoms with van der Waals surface area (Å²) in [6, 6.07) is 9.29. The van der Waals surface area contributed by atoms with Crippen molar-refractivity contribution < 1.29 is 13.5 Å². The molecule has 1 unspecified atom stereocenters. The van der Waals surface area contributed by atoms with E-state index < -0.39 is 0 Å². The highest BCUT2D eigenvalue weighted by molar-refractivity contribution is 7.99. The molecule has 6 rings (SSSR count). The highest BCUT2D eigenvalue weighted by Gasteiger charge is 2.39. The number of hydrogen-bond donors (Lipinski definition) is 1. The van der Waals surface area contributed by atoms with Gasteiger partial charge < -0.3 is 15.0 Å². The van der Waals surface area contributed by atoms with Crippen LogP contribution in [-0.4, -0.2) is 37.9 Å². The number of para-hydroxylation sites is 1. The minimum Gasteiger partial charge on any atom is -0.490 e. The summed E-state index contributed by atoms with van der Waals surface area (Å²) in [6.45, 7) is 0.412. The number of ether oxygens (including phenoxy) is 1. The van der Waals surface area contributed by atoms with Crippen LogP contribution in [0.3, 0.4) is 0 Å². The summed E-state index contributed by atoms with van der Waals surface area (Å²) in [5, 5.41) is 3.44. The SMILES string of the molecule is CSC1Nc2cnc(-n3cnc4ccc(F)cc43)nc2N1[C@@H]1CCOc2c(F)cccc21. The molecule has 7 nitrogen and oxygen atoms in total. The molecule has 2 aromatic heterocycles. The van der Waals surface area contributed by atoms with Gasteiger partial charge in [-0.2, -0.15) is 4.98 Å². The minimum absolute atomic E-state index is 0.106. The van der Waals surface area contributed by atoms with Crippen LogP contribution in [-0.2, 0) is 0 Å². The number of thioether (sulfide) groups is 1. The van der Waals surface area contributed by atoms with Gasteiger partial charge in [0.15, 0.2) is 17.4 Å². The number of nitrogens with zero attached hydrogens (tertiary/aromatic N) is 5. The first-order chi connectivity index (χ1) is 15.6. The highest BCUT2D eigenvalue weighted by atomic mass is 32.2. The first kappa shape index (κ1) is 19.3. The predicted molar refractivity (Wildman–Crippen MR) is 119 cm³/mol. The molecule has 1 N–H and O–H groups in total. The maximum absolute atomic E-state index is 14.4. The zero-order chi connectivity index (χ0) is 21.8. The van der Waals surface area contributed by atoms with Gasteiger partial charge in [-0.3, -0.25) is 4.57 Å². The Morgan fingerprint density at radius 2 is 2.09 bits per heavy atom. The third-order valence-corrected chi connectivity index (χ3v) is 6.60. The second-order valence-electron chi connectivity index (χ2n) is 7.61. The van der Waals surface area contributed by atoms with Gasteiger partial charge in [0.1, 0.15) is 17.6 Å². The lowest BCUT2D eigenvalue weighted by Crippen LogP contribution is -2.39. The van der Waals surface area contributed by atoms with Crippen LogP contribution in [0.4, 0.5) is 20.3 Å². The van der Waals surface area contributed by atoms with Crippen molar-refractivity contribution in [3.63, 3.8) is 0 Å². The Hall–Kier alpha value is -3.40. The first-order valence-corrected chi connectivity index (χ1v) is 11.4. The summed E-state index contributed by atoms with van der Waals surface area (Å²) in [4.78, 5) is 15.8. The quantitative estimate of drug-likeness (QED) is 0.491. The molecule has 0 spiro atoms. The monoisotopic (exact) mass is 452 g/mol. The van der Waals surface area contributed by atoms with Crippen molar-refractivity contribution in [2.45, 2.75) is 18.0 Å². The van der Waals surface area contributed by atoms with Crippen molar-refractivity contribution in [2.24, 2.45) is 0 Å². The van der Waals surface area contributed by atoms with Crippen molar-refractivity contribution in [1.29, 1.82) is 0 Å². The van der Waals surface area contributed by atoms with E-state index in [1.165, 1.54) is 18.2 Å². The van der Waals surface area contributed by atoms with Crippen molar-refractivity contribution in [3.8, 4) is 11.7 Å². The molecule has 4 aromatic rings. The van der Waals surface area contributed by atoms with E-state index in [0.717, 1.165) is 11.3 Å². The normalized spacial score (nSPS) is 19.4. The summed E-state index contributed by atoms with van der Waals surface area (Å²) < 4.78 is 35.6. The number of anilines is 2. The standard InChI is InChI=1S/C22H18F2N6OS/c1-32-22-27-16-10-25-21(29-11-26-15-6-5-12(23)9-18(15)29)28-20(16)30(22)17-7-8-31-19-13(17)3-2-4-14(19)24/h2-6,9-11,17,22,27H,7-8H2,1H3/t17-,22?/m1/s1. The van der Waals surface area contributed by atoms with E-state index in [1.807, 2.05) is 12.3 Å². The van der Waals surface area contributed by atoms with E-state index in [4.69, 9.17) is 9.72 Å². The molecule has 162 valence electrons. The molecule has 0 saturated heterocycles. The average Bonchev–Trinajstić information content (AvgIpc) is 3.39. The van der Waals surface area contributed by atoms with Gasteiger partial charge in [-0.25, -0.2) is 18.7 Å². The van der Waals surface area contributed by atoms with Crippen molar-refractivity contribution in [3.05, 3.63) is 66.1 Å². The van der Waals surface area contributed by atoms with Crippen molar-refractivity contribution in [2.75, 3.05) is 23.1 Å². The van der Waals surface area contributed by atoms with Crippen LogP contribution in [0.25, 0.3) is 17.0 Å². The topological polar surface area (TPSA) is 68.1 Å². The Morgan fingerprint density at radius 1 is 1.19 bits per heavy atom. The van der Waals surface area contributed by atoms with E-state index in [1.54, 1.807) is 41.0 Å². The molecule has 10 heteroatoms. The minimum atomic E-state index is -0.365. The Labute approximate surface area is 186 Å². The Bertz CT molecular complexity index is 1350. The lowest BCUT2D eigenvalue weighted by atomic mass is 9.99. The van der Waals surface area contributed by atoms with E-state index in [-0.39, 0.29) is 23.2 Å². The van der Waals surface area contributed by atoms with Crippen molar-refractivity contribution in [1.82, 2.24) is 19.5 Å². The second kappa shape index (κ2) is 7.33. The molecule has 0 fully saturated rings. The summed E-state index contributed by atoms with van der Waals surface area (Å²) in [7, 11) is 0. The van der Waals surface area contributed by atoms with Gasteiger partial charge in [-0.1, -0.05) is 12.1 Å². The molecular weight excluding hydrogens is 434 g/mol. The third kappa shape index (κ3) is 2.89. The average molecular weight is 452 g/mol. The number of nitrogens with one attached hydrogen (secondary N) is 1. The Kier molecular flexibility index (Phi) is 4.42. The fourth-order valence-corrected chi connectivity index (χ4v) is 5.09. The van der Waals surface area contributed by atoms with Gasteiger partial charge in [0, 0.05) is 18.1 Å². The zero-order valence-corrected chi connectivity index (χ0v) is 17.8. The fraction of sp³-hybridized carbons (Fsp3) is 0.227. The first-order valence-electron chi connectivity index (χ1n) is 10.1. The molecule has 0 amide bonds. The number of benzene rings is 2. The number of imidazole rings is 1. The molecule has 2 aliphatic rings. The van der Waals surface area contributed by atoms with E-state index in [0.29, 0.717) is 41.6 Å². The van der Waals surface area contributed by atoms with Gasteiger partial charge >= 0.3 is 0 Å². The van der Waals surface area contributed by atoms with E-state index in [9.17, 15) is 8.78 Å². The van der Waals surface area contributed by atoms with Gasteiger partial charge in [0.05, 0.1) is 35.6 Å². The molecule has 2 aliphatic heterocycles. The highest BCUT2D eigenvalue weighted by Crippen LogP contribution is 2.46. The van der Waals surface area contributed by atoms with Crippen LogP contribution in [0.1, 0.15) is 18.0 Å². The van der Waals surface area contributed by atoms with Gasteiger partial charge in [0.2, 0.25) is 5.95 Å². The summed E-state index contributed by atoms with van der Waals surface area (Å²) in [6.07, 6.45) is 6.00. The Balaban J connectivity index is 1.48. The molecule has 0 bridgehead atoms. The molecule has 4 heterocycles. The molecule has 0 aliphatic carbocycles. The Morgan fingerprint density at radius 3 is 2.97 bits per heavy atom. The predicted octanol–water partition coefficient (Wildman–Crippen LogP) is 4.50. The zero-order valence-electron chi connectivity index (χ0n) is 17.0. The van der Waals surface area contributed by atoms with Gasteiger partial charge in [-0.15, -0.1) is 11.8 Å². The summed E-state index contributed by atoms with van der Waals surface area (Å²) >= 11 is 1.62. The molecular formula is C22H18F2N6OS. The van der Waals surface area contributed by atoms with Gasteiger partial charge in [-0.05, 0) is 24.5 Å². The van der Waals surface area contributed by atoms with Gasteiger partial charge in [0.25, 0.3) is 0 Å². The lowest BCUT2D eigenvalue weighted by molar-refractivity contribution is 0.251. The fourth-order valence-electron chi connectivity index (χ4n) is 4.37. The molecule has 0 radical (unpaired) electrons. The summed E-state index contributed by atoms with van der Waals surface area (Å²) in [5.74, 6) is 0.664. The van der Waals surface area contributed by atoms with Crippen LogP contribution in [0.2, 0.25) is 0 Å². The lowest BCUT2D eigenvalue weighted by Gasteiger charge is -2.36. The van der Waals surface area contributed by atoms with Crippen LogP contribution >= 0.6 is 11.8 Å². The molecule has 2 atom stereocenters. The number of halogens is 2. The van der Waals surface area contributed by atoms with E-state index >= 15 is 0 Å². The maximum atomic E-state index is 14.4. The van der Waals surface area contributed by atoms with Crippen LogP contribution in [0.5, 0.6) is 5.75 Å². The number of hydrogen-bond acceptors (Lipinski definition) is 7.